The van der Waals surface area contributed by atoms with E-state index in [1.165, 1.54) is 11.3 Å². The number of benzene rings is 1. The summed E-state index contributed by atoms with van der Waals surface area (Å²) in [4.78, 5) is 0. The molecule has 1 nitrogen and oxygen atoms in total. The van der Waals surface area contributed by atoms with Crippen molar-refractivity contribution in [1.82, 2.24) is 0 Å². The number of anilines is 1. The van der Waals surface area contributed by atoms with Crippen molar-refractivity contribution in [1.29, 1.82) is 0 Å². The fraction of sp³-hybridized carbons (Fsp3) is 0.250. The van der Waals surface area contributed by atoms with Crippen molar-refractivity contribution in [2.24, 2.45) is 0 Å². The summed E-state index contributed by atoms with van der Waals surface area (Å²) >= 11 is 9.38. The lowest BCUT2D eigenvalue weighted by Gasteiger charge is -2.02. The molecule has 0 saturated carbocycles. The topological polar surface area (TPSA) is 12.0 Å². The van der Waals surface area contributed by atoms with Crippen LogP contribution in [0.3, 0.4) is 0 Å². The summed E-state index contributed by atoms with van der Waals surface area (Å²) in [5.41, 5.74) is 2.51. The van der Waals surface area contributed by atoms with E-state index in [0.717, 1.165) is 22.5 Å². The molecule has 0 aromatic heterocycles. The average molecular weight is 233 g/mol. The van der Waals surface area contributed by atoms with Gasteiger partial charge in [0, 0.05) is 16.7 Å². The second-order valence-electron chi connectivity index (χ2n) is 2.56. The Morgan fingerprint density at radius 1 is 1.45 bits per heavy atom. The Morgan fingerprint density at radius 3 is 3.09 bits per heavy atom. The third-order valence-electron chi connectivity index (χ3n) is 1.89. The summed E-state index contributed by atoms with van der Waals surface area (Å²) in [7, 11) is 0. The van der Waals surface area contributed by atoms with Gasteiger partial charge in [-0.2, -0.15) is 0 Å². The largest absolute Gasteiger partial charge is 0.384 e. The summed E-state index contributed by atoms with van der Waals surface area (Å²) in [5.74, 6) is 0. The van der Waals surface area contributed by atoms with Crippen LogP contribution in [0.1, 0.15) is 5.56 Å². The van der Waals surface area contributed by atoms with E-state index in [1.54, 1.807) is 0 Å². The van der Waals surface area contributed by atoms with Crippen LogP contribution in [0.2, 0.25) is 5.02 Å². The lowest BCUT2D eigenvalue weighted by atomic mass is 10.2. The van der Waals surface area contributed by atoms with E-state index in [-0.39, 0.29) is 0 Å². The molecule has 1 aromatic carbocycles. The molecule has 0 radical (unpaired) electrons. The highest BCUT2D eigenvalue weighted by Crippen LogP contribution is 2.34. The molecule has 1 heterocycles. The summed E-state index contributed by atoms with van der Waals surface area (Å²) in [6, 6.07) is 3.93. The Hall–Kier alpha value is -0.210. The standard InChI is InChI=1S/C8H7BrClN/c9-8-5-3-4-11-7(5)2-1-6(8)10/h1-2,11H,3-4H2. The quantitative estimate of drug-likeness (QED) is 0.725. The monoisotopic (exact) mass is 231 g/mol. The molecule has 1 aliphatic heterocycles. The van der Waals surface area contributed by atoms with Crippen LogP contribution in [-0.4, -0.2) is 6.54 Å². The first-order valence-electron chi connectivity index (χ1n) is 3.50. The summed E-state index contributed by atoms with van der Waals surface area (Å²) in [6.45, 7) is 1.02. The zero-order valence-electron chi connectivity index (χ0n) is 5.82. The van der Waals surface area contributed by atoms with Gasteiger partial charge in [-0.05, 0) is 40.0 Å². The molecule has 0 unspecified atom stereocenters. The minimum atomic E-state index is 0.799. The molecule has 0 atom stereocenters. The van der Waals surface area contributed by atoms with Gasteiger partial charge in [0.05, 0.1) is 5.02 Å². The van der Waals surface area contributed by atoms with Crippen LogP contribution in [0.4, 0.5) is 5.69 Å². The zero-order chi connectivity index (χ0) is 7.84. The van der Waals surface area contributed by atoms with Crippen LogP contribution in [0.15, 0.2) is 16.6 Å². The van der Waals surface area contributed by atoms with Crippen LogP contribution in [-0.2, 0) is 6.42 Å². The second kappa shape index (κ2) is 2.68. The van der Waals surface area contributed by atoms with Gasteiger partial charge in [0.1, 0.15) is 0 Å². The van der Waals surface area contributed by atoms with E-state index in [9.17, 15) is 0 Å². The highest BCUT2D eigenvalue weighted by atomic mass is 79.9. The third kappa shape index (κ3) is 1.14. The molecule has 1 aliphatic rings. The van der Waals surface area contributed by atoms with Gasteiger partial charge in [-0.15, -0.1) is 0 Å². The SMILES string of the molecule is Clc1ccc2c(c1Br)CCN2. The molecule has 0 aliphatic carbocycles. The Bertz CT molecular complexity index is 298. The number of halogens is 2. The molecule has 0 bridgehead atoms. The van der Waals surface area contributed by atoms with Gasteiger partial charge in [-0.3, -0.25) is 0 Å². The molecule has 1 N–H and O–H groups in total. The predicted molar refractivity (Wildman–Crippen MR) is 51.3 cm³/mol. The van der Waals surface area contributed by atoms with Crippen LogP contribution < -0.4 is 5.32 Å². The highest BCUT2D eigenvalue weighted by molar-refractivity contribution is 9.10. The molecule has 11 heavy (non-hydrogen) atoms. The molecular formula is C8H7BrClN. The average Bonchev–Trinajstić information content (AvgIpc) is 2.45. The van der Waals surface area contributed by atoms with Gasteiger partial charge >= 0.3 is 0 Å². The minimum Gasteiger partial charge on any atom is -0.384 e. The van der Waals surface area contributed by atoms with Gasteiger partial charge < -0.3 is 5.32 Å². The van der Waals surface area contributed by atoms with E-state index in [2.05, 4.69) is 21.2 Å². The zero-order valence-corrected chi connectivity index (χ0v) is 8.17. The summed E-state index contributed by atoms with van der Waals surface area (Å²) in [6.07, 6.45) is 1.07. The van der Waals surface area contributed by atoms with Crippen molar-refractivity contribution >= 4 is 33.2 Å². The fourth-order valence-corrected chi connectivity index (χ4v) is 2.05. The van der Waals surface area contributed by atoms with E-state index >= 15 is 0 Å². The normalized spacial score (nSPS) is 14.4. The van der Waals surface area contributed by atoms with Crippen LogP contribution in [0.25, 0.3) is 0 Å². The van der Waals surface area contributed by atoms with Crippen molar-refractivity contribution in [2.75, 3.05) is 11.9 Å². The molecule has 3 heteroatoms. The number of nitrogens with one attached hydrogen (secondary N) is 1. The maximum absolute atomic E-state index is 5.92. The molecular weight excluding hydrogens is 225 g/mol. The highest BCUT2D eigenvalue weighted by Gasteiger charge is 2.14. The van der Waals surface area contributed by atoms with E-state index in [0.29, 0.717) is 0 Å². The molecule has 0 spiro atoms. The Morgan fingerprint density at radius 2 is 2.27 bits per heavy atom. The van der Waals surface area contributed by atoms with Crippen molar-refractivity contribution in [2.45, 2.75) is 6.42 Å². The maximum atomic E-state index is 5.92. The first-order chi connectivity index (χ1) is 5.29. The number of fused-ring (bicyclic) bond motifs is 1. The first-order valence-corrected chi connectivity index (χ1v) is 4.67. The van der Waals surface area contributed by atoms with Crippen molar-refractivity contribution in [3.05, 3.63) is 27.2 Å². The van der Waals surface area contributed by atoms with Gasteiger partial charge in [0.2, 0.25) is 0 Å². The van der Waals surface area contributed by atoms with Gasteiger partial charge in [-0.25, -0.2) is 0 Å². The smallest absolute Gasteiger partial charge is 0.0552 e. The number of hydrogen-bond acceptors (Lipinski definition) is 1. The van der Waals surface area contributed by atoms with Crippen molar-refractivity contribution in [3.63, 3.8) is 0 Å². The molecule has 1 aromatic rings. The number of rotatable bonds is 0. The Labute approximate surface area is 78.9 Å². The summed E-state index contributed by atoms with van der Waals surface area (Å²) in [5, 5.41) is 4.08. The van der Waals surface area contributed by atoms with Gasteiger partial charge in [-0.1, -0.05) is 11.6 Å². The Balaban J connectivity index is 2.62. The second-order valence-corrected chi connectivity index (χ2v) is 3.76. The van der Waals surface area contributed by atoms with Crippen LogP contribution in [0, 0.1) is 0 Å². The molecule has 0 amide bonds. The van der Waals surface area contributed by atoms with E-state index in [4.69, 9.17) is 11.6 Å². The maximum Gasteiger partial charge on any atom is 0.0552 e. The third-order valence-corrected chi connectivity index (χ3v) is 3.34. The van der Waals surface area contributed by atoms with Crippen LogP contribution in [0.5, 0.6) is 0 Å². The lowest BCUT2D eigenvalue weighted by molar-refractivity contribution is 1.10. The molecule has 0 fully saturated rings. The van der Waals surface area contributed by atoms with Crippen molar-refractivity contribution in [3.8, 4) is 0 Å². The summed E-state index contributed by atoms with van der Waals surface area (Å²) < 4.78 is 1.04. The van der Waals surface area contributed by atoms with Crippen molar-refractivity contribution < 1.29 is 0 Å². The van der Waals surface area contributed by atoms with E-state index < -0.39 is 0 Å². The number of hydrogen-bond donors (Lipinski definition) is 1. The fourth-order valence-electron chi connectivity index (χ4n) is 1.32. The van der Waals surface area contributed by atoms with Gasteiger partial charge in [0.25, 0.3) is 0 Å². The Kier molecular flexibility index (Phi) is 1.81. The predicted octanol–water partition coefficient (Wildman–Crippen LogP) is 3.07. The van der Waals surface area contributed by atoms with Crippen LogP contribution >= 0.6 is 27.5 Å². The molecule has 2 rings (SSSR count). The van der Waals surface area contributed by atoms with Gasteiger partial charge in [0.15, 0.2) is 0 Å². The first kappa shape index (κ1) is 7.44. The lowest BCUT2D eigenvalue weighted by Crippen LogP contribution is -1.90. The molecule has 0 saturated heterocycles. The van der Waals surface area contributed by atoms with E-state index in [1.807, 2.05) is 12.1 Å². The molecule has 58 valence electrons. The minimum absolute atomic E-state index is 0.799.